The Hall–Kier alpha value is -1.16. The topological polar surface area (TPSA) is 41.1 Å². The Bertz CT molecular complexity index is 401. The zero-order valence-corrected chi connectivity index (χ0v) is 11.1. The first-order valence-electron chi connectivity index (χ1n) is 7.14. The molecule has 1 aliphatic heterocycles. The summed E-state index contributed by atoms with van der Waals surface area (Å²) in [5.41, 5.74) is 1.14. The van der Waals surface area contributed by atoms with Crippen molar-refractivity contribution in [2.75, 3.05) is 18.9 Å². The second kappa shape index (κ2) is 5.22. The number of rotatable bonds is 3. The highest BCUT2D eigenvalue weighted by Gasteiger charge is 2.35. The molecule has 1 aromatic rings. The molecule has 0 unspecified atom stereocenters. The van der Waals surface area contributed by atoms with Gasteiger partial charge >= 0.3 is 0 Å². The summed E-state index contributed by atoms with van der Waals surface area (Å²) in [5, 5.41) is 3.18. The van der Waals surface area contributed by atoms with E-state index in [0.29, 0.717) is 6.04 Å². The van der Waals surface area contributed by atoms with Crippen LogP contribution in [0.3, 0.4) is 0 Å². The highest BCUT2D eigenvalue weighted by Crippen LogP contribution is 2.38. The summed E-state index contributed by atoms with van der Waals surface area (Å²) in [5.74, 6) is 0.951. The van der Waals surface area contributed by atoms with Gasteiger partial charge in [-0.05, 0) is 32.2 Å². The molecule has 0 amide bonds. The van der Waals surface area contributed by atoms with Gasteiger partial charge in [-0.25, -0.2) is 4.98 Å². The van der Waals surface area contributed by atoms with Crippen LogP contribution in [0.4, 0.5) is 5.82 Å². The van der Waals surface area contributed by atoms with Crippen molar-refractivity contribution in [2.24, 2.45) is 0 Å². The summed E-state index contributed by atoms with van der Waals surface area (Å²) in [6, 6.07) is 1.26. The van der Waals surface area contributed by atoms with E-state index in [0.717, 1.165) is 17.6 Å². The molecule has 98 valence electrons. The maximum Gasteiger partial charge on any atom is 0.149 e. The Labute approximate surface area is 109 Å². The summed E-state index contributed by atoms with van der Waals surface area (Å²) in [7, 11) is 1.93. The van der Waals surface area contributed by atoms with Crippen molar-refractivity contribution < 1.29 is 0 Å². The van der Waals surface area contributed by atoms with Gasteiger partial charge in [0.25, 0.3) is 0 Å². The normalized spacial score (nSPS) is 25.7. The molecule has 1 saturated carbocycles. The molecule has 0 aromatic carbocycles. The van der Waals surface area contributed by atoms with Crippen molar-refractivity contribution in [3.8, 4) is 0 Å². The van der Waals surface area contributed by atoms with E-state index in [1.807, 2.05) is 13.2 Å². The Balaban J connectivity index is 1.85. The van der Waals surface area contributed by atoms with E-state index < -0.39 is 0 Å². The lowest BCUT2D eigenvalue weighted by molar-refractivity contribution is 0.180. The van der Waals surface area contributed by atoms with Crippen molar-refractivity contribution in [1.82, 2.24) is 14.9 Å². The number of anilines is 1. The van der Waals surface area contributed by atoms with Crippen molar-refractivity contribution in [3.63, 3.8) is 0 Å². The lowest BCUT2D eigenvalue weighted by atomic mass is 10.1. The maximum atomic E-state index is 4.59. The van der Waals surface area contributed by atoms with Crippen molar-refractivity contribution in [2.45, 2.75) is 50.6 Å². The molecule has 18 heavy (non-hydrogen) atoms. The van der Waals surface area contributed by atoms with Gasteiger partial charge in [0.1, 0.15) is 5.82 Å². The number of likely N-dealkylation sites (tertiary alicyclic amines) is 1. The molecule has 0 spiro atoms. The molecule has 1 aromatic heterocycles. The molecule has 1 saturated heterocycles. The van der Waals surface area contributed by atoms with Gasteiger partial charge in [-0.15, -0.1) is 0 Å². The Morgan fingerprint density at radius 2 is 1.89 bits per heavy atom. The summed E-state index contributed by atoms with van der Waals surface area (Å²) in [4.78, 5) is 11.7. The van der Waals surface area contributed by atoms with Crippen LogP contribution in [0.1, 0.15) is 50.3 Å². The molecule has 3 rings (SSSR count). The lowest BCUT2D eigenvalue weighted by Gasteiger charge is -2.30. The minimum absolute atomic E-state index is 0.476. The van der Waals surface area contributed by atoms with E-state index in [-0.39, 0.29) is 0 Å². The van der Waals surface area contributed by atoms with Crippen molar-refractivity contribution in [3.05, 3.63) is 18.1 Å². The quantitative estimate of drug-likeness (QED) is 0.890. The molecule has 2 fully saturated rings. The van der Waals surface area contributed by atoms with Crippen LogP contribution in [0.15, 0.2) is 12.4 Å². The molecular formula is C14H22N4. The fourth-order valence-electron chi connectivity index (χ4n) is 3.54. The molecule has 4 nitrogen and oxygen atoms in total. The third kappa shape index (κ3) is 2.09. The van der Waals surface area contributed by atoms with E-state index in [1.54, 1.807) is 6.20 Å². The maximum absolute atomic E-state index is 4.59. The van der Waals surface area contributed by atoms with E-state index in [9.17, 15) is 0 Å². The van der Waals surface area contributed by atoms with E-state index in [1.165, 1.54) is 45.1 Å². The number of hydrogen-bond donors (Lipinski definition) is 1. The van der Waals surface area contributed by atoms with Gasteiger partial charge in [0.05, 0.1) is 11.7 Å². The number of hydrogen-bond acceptors (Lipinski definition) is 4. The summed E-state index contributed by atoms with van der Waals surface area (Å²) in [6.07, 6.45) is 11.6. The van der Waals surface area contributed by atoms with Crippen molar-refractivity contribution >= 4 is 5.82 Å². The molecule has 2 aliphatic rings. The smallest absolute Gasteiger partial charge is 0.149 e. The molecule has 1 atom stereocenters. The van der Waals surface area contributed by atoms with E-state index >= 15 is 0 Å². The Morgan fingerprint density at radius 1 is 1.11 bits per heavy atom. The summed E-state index contributed by atoms with van der Waals surface area (Å²) in [6.45, 7) is 1.23. The standard InChI is InChI=1S/C14H22N4/c1-15-14-13(16-8-9-17-14)12-7-4-10-18(12)11-5-2-3-6-11/h8-9,11-12H,2-7,10H2,1H3,(H,15,17)/t12-/m0/s1. The highest BCUT2D eigenvalue weighted by atomic mass is 15.2. The first-order chi connectivity index (χ1) is 8.90. The Kier molecular flexibility index (Phi) is 3.46. The fraction of sp³-hybridized carbons (Fsp3) is 0.714. The molecule has 0 bridgehead atoms. The van der Waals surface area contributed by atoms with Crippen LogP contribution >= 0.6 is 0 Å². The van der Waals surface area contributed by atoms with Crippen LogP contribution in [0.5, 0.6) is 0 Å². The average Bonchev–Trinajstić information content (AvgIpc) is 3.09. The monoisotopic (exact) mass is 246 g/mol. The molecule has 2 heterocycles. The van der Waals surface area contributed by atoms with Gasteiger partial charge in [0.15, 0.2) is 0 Å². The molecule has 1 aliphatic carbocycles. The average molecular weight is 246 g/mol. The third-order valence-electron chi connectivity index (χ3n) is 4.37. The van der Waals surface area contributed by atoms with Crippen LogP contribution in [-0.2, 0) is 0 Å². The van der Waals surface area contributed by atoms with Crippen LogP contribution in [0.2, 0.25) is 0 Å². The molecular weight excluding hydrogens is 224 g/mol. The van der Waals surface area contributed by atoms with Gasteiger partial charge in [0, 0.05) is 25.5 Å². The molecule has 1 N–H and O–H groups in total. The first kappa shape index (κ1) is 11.9. The second-order valence-corrected chi connectivity index (χ2v) is 5.37. The summed E-state index contributed by atoms with van der Waals surface area (Å²) < 4.78 is 0. The van der Waals surface area contributed by atoms with Crippen LogP contribution in [-0.4, -0.2) is 34.5 Å². The number of aromatic nitrogens is 2. The minimum atomic E-state index is 0.476. The van der Waals surface area contributed by atoms with Gasteiger partial charge in [-0.3, -0.25) is 9.88 Å². The van der Waals surface area contributed by atoms with Gasteiger partial charge in [-0.2, -0.15) is 0 Å². The van der Waals surface area contributed by atoms with Gasteiger partial charge in [-0.1, -0.05) is 12.8 Å². The first-order valence-corrected chi connectivity index (χ1v) is 7.14. The third-order valence-corrected chi connectivity index (χ3v) is 4.37. The lowest BCUT2D eigenvalue weighted by Crippen LogP contribution is -2.33. The van der Waals surface area contributed by atoms with Crippen LogP contribution in [0.25, 0.3) is 0 Å². The highest BCUT2D eigenvalue weighted by molar-refractivity contribution is 5.40. The van der Waals surface area contributed by atoms with Crippen LogP contribution < -0.4 is 5.32 Å². The zero-order valence-electron chi connectivity index (χ0n) is 11.1. The predicted octanol–water partition coefficient (Wildman–Crippen LogP) is 2.60. The van der Waals surface area contributed by atoms with Gasteiger partial charge < -0.3 is 5.32 Å². The van der Waals surface area contributed by atoms with E-state index in [2.05, 4.69) is 20.2 Å². The van der Waals surface area contributed by atoms with Crippen molar-refractivity contribution in [1.29, 1.82) is 0 Å². The predicted molar refractivity (Wildman–Crippen MR) is 72.5 cm³/mol. The number of nitrogens with one attached hydrogen (secondary N) is 1. The summed E-state index contributed by atoms with van der Waals surface area (Å²) >= 11 is 0. The zero-order chi connectivity index (χ0) is 12.4. The SMILES string of the molecule is CNc1nccnc1[C@@H]1CCCN1C1CCCC1. The van der Waals surface area contributed by atoms with Gasteiger partial charge in [0.2, 0.25) is 0 Å². The minimum Gasteiger partial charge on any atom is -0.372 e. The number of nitrogens with zero attached hydrogens (tertiary/aromatic N) is 3. The molecule has 0 radical (unpaired) electrons. The second-order valence-electron chi connectivity index (χ2n) is 5.37. The van der Waals surface area contributed by atoms with Crippen LogP contribution in [0, 0.1) is 0 Å². The Morgan fingerprint density at radius 3 is 2.67 bits per heavy atom. The largest absolute Gasteiger partial charge is 0.372 e. The molecule has 4 heteroatoms. The van der Waals surface area contributed by atoms with E-state index in [4.69, 9.17) is 0 Å². The fourth-order valence-corrected chi connectivity index (χ4v) is 3.54.